The van der Waals surface area contributed by atoms with E-state index in [1.165, 1.54) is 12.8 Å². The summed E-state index contributed by atoms with van der Waals surface area (Å²) in [5.41, 5.74) is 7.53. The van der Waals surface area contributed by atoms with E-state index in [1.807, 2.05) is 14.0 Å². The molecule has 0 saturated carbocycles. The third-order valence-corrected chi connectivity index (χ3v) is 2.43. The van der Waals surface area contributed by atoms with Crippen LogP contribution in [-0.4, -0.2) is 16.4 Å². The summed E-state index contributed by atoms with van der Waals surface area (Å²) in [6, 6.07) is 0. The van der Waals surface area contributed by atoms with Gasteiger partial charge in [-0.15, -0.1) is 0 Å². The normalized spacial score (nSPS) is 10.6. The summed E-state index contributed by atoms with van der Waals surface area (Å²) in [6.45, 7) is 4.94. The van der Waals surface area contributed by atoms with Crippen LogP contribution in [0.2, 0.25) is 0 Å². The van der Waals surface area contributed by atoms with E-state index in [4.69, 9.17) is 10.5 Å². The van der Waals surface area contributed by atoms with Crippen LogP contribution in [0.25, 0.3) is 0 Å². The van der Waals surface area contributed by atoms with Crippen LogP contribution in [0, 0.1) is 0 Å². The van der Waals surface area contributed by atoms with Crippen LogP contribution in [-0.2, 0) is 13.5 Å². The Morgan fingerprint density at radius 1 is 1.33 bits per heavy atom. The monoisotopic (exact) mass is 211 g/mol. The van der Waals surface area contributed by atoms with E-state index in [0.717, 1.165) is 25.1 Å². The lowest BCUT2D eigenvalue weighted by atomic mass is 10.3. The first-order valence-electron chi connectivity index (χ1n) is 5.64. The van der Waals surface area contributed by atoms with Crippen molar-refractivity contribution < 1.29 is 4.74 Å². The molecule has 4 nitrogen and oxygen atoms in total. The summed E-state index contributed by atoms with van der Waals surface area (Å²) < 4.78 is 7.35. The minimum Gasteiger partial charge on any atom is -0.476 e. The van der Waals surface area contributed by atoms with E-state index in [9.17, 15) is 0 Å². The standard InChI is InChI=1S/C11H21N3O/c1-4-6-7-8-15-11-10(12)9(5-2)13-14(11)3/h4-8,12H2,1-3H3. The Morgan fingerprint density at radius 2 is 2.07 bits per heavy atom. The second-order valence-corrected chi connectivity index (χ2v) is 3.70. The summed E-state index contributed by atoms with van der Waals surface area (Å²) in [7, 11) is 1.87. The second kappa shape index (κ2) is 5.63. The quantitative estimate of drug-likeness (QED) is 0.733. The zero-order valence-electron chi connectivity index (χ0n) is 9.92. The fourth-order valence-corrected chi connectivity index (χ4v) is 1.53. The van der Waals surface area contributed by atoms with E-state index in [1.54, 1.807) is 4.68 Å². The molecule has 0 aliphatic rings. The zero-order valence-corrected chi connectivity index (χ0v) is 9.92. The number of nitrogens with two attached hydrogens (primary N) is 1. The first-order chi connectivity index (χ1) is 7.20. The van der Waals surface area contributed by atoms with Crippen LogP contribution in [0.4, 0.5) is 5.69 Å². The van der Waals surface area contributed by atoms with Crippen molar-refractivity contribution in [1.29, 1.82) is 0 Å². The van der Waals surface area contributed by atoms with Gasteiger partial charge in [0.15, 0.2) is 0 Å². The van der Waals surface area contributed by atoms with Crippen LogP contribution < -0.4 is 10.5 Å². The third kappa shape index (κ3) is 2.88. The van der Waals surface area contributed by atoms with Gasteiger partial charge in [0.1, 0.15) is 5.69 Å². The number of hydrogen-bond donors (Lipinski definition) is 1. The van der Waals surface area contributed by atoms with Gasteiger partial charge in [-0.2, -0.15) is 5.10 Å². The number of nitrogen functional groups attached to an aromatic ring is 1. The van der Waals surface area contributed by atoms with E-state index in [0.29, 0.717) is 11.6 Å². The van der Waals surface area contributed by atoms with Gasteiger partial charge in [-0.1, -0.05) is 26.7 Å². The molecule has 1 aromatic rings. The Morgan fingerprint density at radius 3 is 2.60 bits per heavy atom. The van der Waals surface area contributed by atoms with Crippen molar-refractivity contribution in [2.75, 3.05) is 12.3 Å². The maximum absolute atomic E-state index is 5.92. The van der Waals surface area contributed by atoms with E-state index in [-0.39, 0.29) is 0 Å². The maximum atomic E-state index is 5.92. The summed E-state index contributed by atoms with van der Waals surface area (Å²) in [5, 5.41) is 4.29. The van der Waals surface area contributed by atoms with Gasteiger partial charge in [-0.3, -0.25) is 0 Å². The molecule has 0 aliphatic heterocycles. The van der Waals surface area contributed by atoms with E-state index in [2.05, 4.69) is 12.0 Å². The molecule has 0 saturated heterocycles. The SMILES string of the molecule is CCCCCOc1c(N)c(CC)nn1C. The Hall–Kier alpha value is -1.19. The third-order valence-electron chi connectivity index (χ3n) is 2.43. The van der Waals surface area contributed by atoms with Gasteiger partial charge in [-0.25, -0.2) is 4.68 Å². The Balaban J connectivity index is 2.56. The number of anilines is 1. The molecule has 15 heavy (non-hydrogen) atoms. The lowest BCUT2D eigenvalue weighted by Gasteiger charge is -2.06. The molecule has 1 aromatic heterocycles. The van der Waals surface area contributed by atoms with Crippen molar-refractivity contribution >= 4 is 5.69 Å². The first-order valence-corrected chi connectivity index (χ1v) is 5.64. The van der Waals surface area contributed by atoms with Crippen molar-refractivity contribution in [3.05, 3.63) is 5.69 Å². The molecule has 0 amide bonds. The van der Waals surface area contributed by atoms with Crippen molar-refractivity contribution in [3.8, 4) is 5.88 Å². The van der Waals surface area contributed by atoms with Crippen LogP contribution in [0.1, 0.15) is 38.8 Å². The Labute approximate surface area is 91.4 Å². The van der Waals surface area contributed by atoms with Crippen molar-refractivity contribution in [3.63, 3.8) is 0 Å². The molecule has 2 N–H and O–H groups in total. The predicted octanol–water partition coefficient (Wildman–Crippen LogP) is 2.13. The molecule has 0 bridgehead atoms. The summed E-state index contributed by atoms with van der Waals surface area (Å²) in [6.07, 6.45) is 4.31. The average Bonchev–Trinajstić information content (AvgIpc) is 2.50. The molecule has 0 spiro atoms. The number of ether oxygens (including phenoxy) is 1. The van der Waals surface area contributed by atoms with Crippen molar-refractivity contribution in [2.24, 2.45) is 7.05 Å². The van der Waals surface area contributed by atoms with E-state index < -0.39 is 0 Å². The molecule has 1 rings (SSSR count). The van der Waals surface area contributed by atoms with Gasteiger partial charge < -0.3 is 10.5 Å². The summed E-state index contributed by atoms with van der Waals surface area (Å²) >= 11 is 0. The Kier molecular flexibility index (Phi) is 4.46. The van der Waals surface area contributed by atoms with Gasteiger partial charge in [0.05, 0.1) is 12.3 Å². The molecule has 4 heteroatoms. The molecule has 0 unspecified atom stereocenters. The van der Waals surface area contributed by atoms with Crippen LogP contribution in [0.15, 0.2) is 0 Å². The van der Waals surface area contributed by atoms with Gasteiger partial charge in [0, 0.05) is 7.05 Å². The molecule has 0 atom stereocenters. The molecule has 0 radical (unpaired) electrons. The number of aromatic nitrogens is 2. The van der Waals surface area contributed by atoms with Gasteiger partial charge in [-0.05, 0) is 12.8 Å². The summed E-state index contributed by atoms with van der Waals surface area (Å²) in [5.74, 6) is 0.711. The fraction of sp³-hybridized carbons (Fsp3) is 0.727. The molecule has 1 heterocycles. The van der Waals surface area contributed by atoms with Gasteiger partial charge in [0.25, 0.3) is 0 Å². The van der Waals surface area contributed by atoms with Crippen LogP contribution in [0.5, 0.6) is 5.88 Å². The minimum atomic E-state index is 0.691. The molecule has 86 valence electrons. The summed E-state index contributed by atoms with van der Waals surface area (Å²) in [4.78, 5) is 0. The number of rotatable bonds is 6. The number of unbranched alkanes of at least 4 members (excludes halogenated alkanes) is 2. The minimum absolute atomic E-state index is 0.691. The Bertz CT molecular complexity index is 307. The highest BCUT2D eigenvalue weighted by atomic mass is 16.5. The number of hydrogen-bond acceptors (Lipinski definition) is 3. The highest BCUT2D eigenvalue weighted by Crippen LogP contribution is 2.24. The largest absolute Gasteiger partial charge is 0.476 e. The second-order valence-electron chi connectivity index (χ2n) is 3.70. The van der Waals surface area contributed by atoms with Gasteiger partial charge in [0.2, 0.25) is 5.88 Å². The lowest BCUT2D eigenvalue weighted by Crippen LogP contribution is -2.03. The van der Waals surface area contributed by atoms with Crippen molar-refractivity contribution in [1.82, 2.24) is 9.78 Å². The topological polar surface area (TPSA) is 53.1 Å². The maximum Gasteiger partial charge on any atom is 0.235 e. The lowest BCUT2D eigenvalue weighted by molar-refractivity contribution is 0.282. The predicted molar refractivity (Wildman–Crippen MR) is 62.0 cm³/mol. The van der Waals surface area contributed by atoms with Crippen molar-refractivity contribution in [2.45, 2.75) is 39.5 Å². The highest BCUT2D eigenvalue weighted by molar-refractivity contribution is 5.52. The zero-order chi connectivity index (χ0) is 11.3. The number of nitrogens with zero attached hydrogens (tertiary/aromatic N) is 2. The van der Waals surface area contributed by atoms with E-state index >= 15 is 0 Å². The molecular formula is C11H21N3O. The van der Waals surface area contributed by atoms with Crippen LogP contribution >= 0.6 is 0 Å². The van der Waals surface area contributed by atoms with Crippen LogP contribution in [0.3, 0.4) is 0 Å². The highest BCUT2D eigenvalue weighted by Gasteiger charge is 2.12. The number of aryl methyl sites for hydroxylation is 2. The van der Waals surface area contributed by atoms with Gasteiger partial charge >= 0.3 is 0 Å². The molecule has 0 fully saturated rings. The molecule has 0 aromatic carbocycles. The fourth-order valence-electron chi connectivity index (χ4n) is 1.53. The smallest absolute Gasteiger partial charge is 0.235 e. The molecular weight excluding hydrogens is 190 g/mol. The first kappa shape index (κ1) is 11.9. The molecule has 0 aliphatic carbocycles. The average molecular weight is 211 g/mol.